The molecule has 0 rings (SSSR count). The van der Waals surface area contributed by atoms with Crippen LogP contribution in [-0.4, -0.2) is 16.9 Å². The van der Waals surface area contributed by atoms with Crippen molar-refractivity contribution in [3.05, 3.63) is 0 Å². The number of hydrogen-bond donors (Lipinski definition) is 1. The zero-order valence-corrected chi connectivity index (χ0v) is 15.0. The lowest BCUT2D eigenvalue weighted by molar-refractivity contribution is -0.137. The predicted octanol–water partition coefficient (Wildman–Crippen LogP) is 5.76. The van der Waals surface area contributed by atoms with Crippen molar-refractivity contribution in [2.45, 2.75) is 104 Å². The summed E-state index contributed by atoms with van der Waals surface area (Å²) in [6, 6.07) is 0. The molecule has 1 N–H and O–H groups in total. The second-order valence-electron chi connectivity index (χ2n) is 7.09. The van der Waals surface area contributed by atoms with E-state index in [4.69, 9.17) is 5.11 Å². The van der Waals surface area contributed by atoms with E-state index < -0.39 is 5.97 Å². The highest BCUT2D eigenvalue weighted by atomic mass is 16.4. The second-order valence-corrected chi connectivity index (χ2v) is 7.09. The van der Waals surface area contributed by atoms with Gasteiger partial charge in [-0.05, 0) is 19.3 Å². The highest BCUT2D eigenvalue weighted by Gasteiger charge is 2.23. The van der Waals surface area contributed by atoms with Gasteiger partial charge in [0.1, 0.15) is 5.78 Å². The van der Waals surface area contributed by atoms with Crippen LogP contribution in [0.4, 0.5) is 0 Å². The summed E-state index contributed by atoms with van der Waals surface area (Å²) in [4.78, 5) is 22.3. The van der Waals surface area contributed by atoms with Gasteiger partial charge in [0.05, 0.1) is 0 Å². The fourth-order valence-corrected chi connectivity index (χ4v) is 2.51. The summed E-state index contributed by atoms with van der Waals surface area (Å²) in [5, 5.41) is 8.53. The van der Waals surface area contributed by atoms with Crippen molar-refractivity contribution in [1.29, 1.82) is 0 Å². The molecule has 0 aromatic rings. The third-order valence-corrected chi connectivity index (χ3v) is 4.68. The Morgan fingerprint density at radius 1 is 0.727 bits per heavy atom. The number of carboxylic acid groups (broad SMARTS) is 1. The monoisotopic (exact) mass is 312 g/mol. The normalized spacial score (nSPS) is 11.6. The highest BCUT2D eigenvalue weighted by molar-refractivity contribution is 5.83. The third-order valence-electron chi connectivity index (χ3n) is 4.68. The minimum absolute atomic E-state index is 0.138. The Hall–Kier alpha value is -0.860. The number of carbonyl (C=O) groups is 2. The molecule has 0 bridgehead atoms. The van der Waals surface area contributed by atoms with Crippen LogP contribution < -0.4 is 0 Å². The van der Waals surface area contributed by atoms with Gasteiger partial charge in [-0.25, -0.2) is 0 Å². The van der Waals surface area contributed by atoms with Crippen molar-refractivity contribution in [2.24, 2.45) is 5.41 Å². The molecule has 0 spiro atoms. The quantitative estimate of drug-likeness (QED) is 0.391. The summed E-state index contributed by atoms with van der Waals surface area (Å²) in [6.45, 7) is 6.18. The number of rotatable bonds is 15. The Kier molecular flexibility index (Phi) is 12.2. The summed E-state index contributed by atoms with van der Waals surface area (Å²) in [5.41, 5.74) is -0.138. The van der Waals surface area contributed by atoms with Crippen LogP contribution in [0, 0.1) is 5.41 Å². The fourth-order valence-electron chi connectivity index (χ4n) is 2.51. The number of unbranched alkanes of at least 4 members (excludes halogenated alkanes) is 9. The molecule has 0 fully saturated rings. The van der Waals surface area contributed by atoms with E-state index in [1.807, 2.05) is 13.8 Å². The molecule has 0 aromatic carbocycles. The smallest absolute Gasteiger partial charge is 0.303 e. The van der Waals surface area contributed by atoms with E-state index in [1.165, 1.54) is 38.5 Å². The van der Waals surface area contributed by atoms with Crippen LogP contribution in [0.2, 0.25) is 0 Å². The number of carbonyl (C=O) groups excluding carboxylic acids is 1. The number of Topliss-reactive ketones (excluding diaryl/α,β-unsaturated/α-hetero) is 1. The van der Waals surface area contributed by atoms with E-state index in [9.17, 15) is 9.59 Å². The first-order valence-corrected chi connectivity index (χ1v) is 9.15. The molecule has 0 atom stereocenters. The average Bonchev–Trinajstić information content (AvgIpc) is 2.47. The van der Waals surface area contributed by atoms with Crippen molar-refractivity contribution in [3.8, 4) is 0 Å². The van der Waals surface area contributed by atoms with Crippen LogP contribution >= 0.6 is 0 Å². The zero-order chi connectivity index (χ0) is 16.8. The molecular weight excluding hydrogens is 276 g/mol. The molecule has 0 saturated heterocycles. The van der Waals surface area contributed by atoms with E-state index in [-0.39, 0.29) is 5.41 Å². The van der Waals surface area contributed by atoms with E-state index in [2.05, 4.69) is 6.92 Å². The maximum Gasteiger partial charge on any atom is 0.303 e. The Labute approximate surface area is 136 Å². The van der Waals surface area contributed by atoms with Gasteiger partial charge in [0.25, 0.3) is 0 Å². The first-order chi connectivity index (χ1) is 10.4. The fraction of sp³-hybridized carbons (Fsp3) is 0.895. The summed E-state index contributed by atoms with van der Waals surface area (Å²) in [7, 11) is 0. The molecule has 0 aliphatic carbocycles. The van der Waals surface area contributed by atoms with Gasteiger partial charge in [0.2, 0.25) is 0 Å². The van der Waals surface area contributed by atoms with Crippen LogP contribution in [0.5, 0.6) is 0 Å². The molecule has 3 heteroatoms. The van der Waals surface area contributed by atoms with Gasteiger partial charge in [-0.2, -0.15) is 0 Å². The van der Waals surface area contributed by atoms with Crippen LogP contribution in [0.15, 0.2) is 0 Å². The predicted molar refractivity (Wildman–Crippen MR) is 92.1 cm³/mol. The van der Waals surface area contributed by atoms with Gasteiger partial charge < -0.3 is 5.11 Å². The van der Waals surface area contributed by atoms with Crippen LogP contribution in [0.3, 0.4) is 0 Å². The Bertz CT molecular complexity index is 308. The van der Waals surface area contributed by atoms with Gasteiger partial charge in [-0.1, -0.05) is 72.1 Å². The minimum atomic E-state index is -0.680. The molecule has 0 aliphatic rings. The molecule has 0 aliphatic heterocycles. The van der Waals surface area contributed by atoms with Crippen LogP contribution in [-0.2, 0) is 9.59 Å². The Morgan fingerprint density at radius 3 is 1.45 bits per heavy atom. The van der Waals surface area contributed by atoms with E-state index in [0.717, 1.165) is 38.5 Å². The lowest BCUT2D eigenvalue weighted by Crippen LogP contribution is -2.22. The molecule has 3 nitrogen and oxygen atoms in total. The molecule has 22 heavy (non-hydrogen) atoms. The number of carboxylic acids is 1. The topological polar surface area (TPSA) is 54.4 Å². The third kappa shape index (κ3) is 11.8. The maximum absolute atomic E-state index is 12.0. The van der Waals surface area contributed by atoms with E-state index >= 15 is 0 Å². The van der Waals surface area contributed by atoms with E-state index in [0.29, 0.717) is 12.2 Å². The van der Waals surface area contributed by atoms with Crippen molar-refractivity contribution >= 4 is 11.8 Å². The molecule has 0 saturated carbocycles. The van der Waals surface area contributed by atoms with Crippen LogP contribution in [0.25, 0.3) is 0 Å². The largest absolute Gasteiger partial charge is 0.481 e. The summed E-state index contributed by atoms with van der Waals surface area (Å²) in [6.07, 6.45) is 13.5. The summed E-state index contributed by atoms with van der Waals surface area (Å²) in [5.74, 6) is -0.267. The molecule has 0 amide bonds. The molecular formula is C19H36O3. The average molecular weight is 312 g/mol. The number of aliphatic carboxylic acids is 1. The standard InChI is InChI=1S/C19H36O3/c1-4-19(2,3)17(20)15-13-11-9-7-5-6-8-10-12-14-16-18(21)22/h4-16H2,1-3H3,(H,21,22). The van der Waals surface area contributed by atoms with Crippen molar-refractivity contribution in [3.63, 3.8) is 0 Å². The van der Waals surface area contributed by atoms with Crippen molar-refractivity contribution in [2.75, 3.05) is 0 Å². The first-order valence-electron chi connectivity index (χ1n) is 9.15. The first kappa shape index (κ1) is 21.1. The summed E-state index contributed by atoms with van der Waals surface area (Å²) < 4.78 is 0. The second kappa shape index (κ2) is 12.7. The summed E-state index contributed by atoms with van der Waals surface area (Å²) >= 11 is 0. The maximum atomic E-state index is 12.0. The Balaban J connectivity index is 3.27. The SMILES string of the molecule is CCC(C)(C)C(=O)CCCCCCCCCCCCC(=O)O. The van der Waals surface area contributed by atoms with Gasteiger partial charge in [-0.15, -0.1) is 0 Å². The number of ketones is 1. The van der Waals surface area contributed by atoms with Gasteiger partial charge >= 0.3 is 5.97 Å². The van der Waals surface area contributed by atoms with Gasteiger partial charge in [-0.3, -0.25) is 9.59 Å². The minimum Gasteiger partial charge on any atom is -0.481 e. The zero-order valence-electron chi connectivity index (χ0n) is 15.0. The molecule has 0 heterocycles. The number of hydrogen-bond acceptors (Lipinski definition) is 2. The molecule has 0 radical (unpaired) electrons. The molecule has 0 aromatic heterocycles. The van der Waals surface area contributed by atoms with Crippen molar-refractivity contribution in [1.82, 2.24) is 0 Å². The molecule has 130 valence electrons. The lowest BCUT2D eigenvalue weighted by Gasteiger charge is -2.20. The van der Waals surface area contributed by atoms with Crippen LogP contribution in [0.1, 0.15) is 104 Å². The highest BCUT2D eigenvalue weighted by Crippen LogP contribution is 2.24. The lowest BCUT2D eigenvalue weighted by atomic mass is 9.83. The Morgan fingerprint density at radius 2 is 1.09 bits per heavy atom. The van der Waals surface area contributed by atoms with Gasteiger partial charge in [0.15, 0.2) is 0 Å². The molecule has 0 unspecified atom stereocenters. The van der Waals surface area contributed by atoms with Crippen molar-refractivity contribution < 1.29 is 14.7 Å². The van der Waals surface area contributed by atoms with E-state index in [1.54, 1.807) is 0 Å². The van der Waals surface area contributed by atoms with Gasteiger partial charge in [0, 0.05) is 18.3 Å².